The van der Waals surface area contributed by atoms with Crippen LogP contribution in [0.4, 0.5) is 18.9 Å². The van der Waals surface area contributed by atoms with Gasteiger partial charge >= 0.3 is 6.18 Å². The summed E-state index contributed by atoms with van der Waals surface area (Å²) in [6, 6.07) is 8.55. The average molecular weight is 319 g/mol. The molecule has 0 spiro atoms. The summed E-state index contributed by atoms with van der Waals surface area (Å²) in [6.07, 6.45) is -1.10. The molecule has 118 valence electrons. The van der Waals surface area contributed by atoms with Gasteiger partial charge in [0.1, 0.15) is 5.82 Å². The van der Waals surface area contributed by atoms with Crippen LogP contribution in [0.15, 0.2) is 48.8 Å². The van der Waals surface area contributed by atoms with E-state index >= 15 is 0 Å². The number of alkyl halides is 3. The fourth-order valence-corrected chi connectivity index (χ4v) is 2.00. The van der Waals surface area contributed by atoms with Crippen LogP contribution in [0.25, 0.3) is 11.4 Å². The van der Waals surface area contributed by atoms with E-state index in [9.17, 15) is 13.2 Å². The van der Waals surface area contributed by atoms with Gasteiger partial charge in [0.15, 0.2) is 5.82 Å². The second-order valence-corrected chi connectivity index (χ2v) is 4.77. The van der Waals surface area contributed by atoms with E-state index in [0.717, 1.165) is 17.7 Å². The SMILES string of the molecule is FC(F)(F)c1cccc(NCc2nc(-c3ccncc3)n[nH]2)c1. The molecule has 0 amide bonds. The molecule has 0 fully saturated rings. The highest BCUT2D eigenvalue weighted by atomic mass is 19.4. The number of benzene rings is 1. The monoisotopic (exact) mass is 319 g/mol. The van der Waals surface area contributed by atoms with Crippen LogP contribution < -0.4 is 5.32 Å². The molecule has 1 aromatic carbocycles. The predicted octanol–water partition coefficient (Wildman–Crippen LogP) is 3.50. The van der Waals surface area contributed by atoms with Crippen LogP contribution in [0, 0.1) is 0 Å². The second-order valence-electron chi connectivity index (χ2n) is 4.77. The van der Waals surface area contributed by atoms with Gasteiger partial charge in [-0.3, -0.25) is 10.1 Å². The number of nitrogens with zero attached hydrogens (tertiary/aromatic N) is 3. The maximum atomic E-state index is 12.7. The average Bonchev–Trinajstić information content (AvgIpc) is 3.02. The molecule has 0 atom stereocenters. The normalized spacial score (nSPS) is 11.4. The van der Waals surface area contributed by atoms with E-state index in [1.165, 1.54) is 6.07 Å². The fourth-order valence-electron chi connectivity index (χ4n) is 2.00. The molecule has 3 rings (SSSR count). The van der Waals surface area contributed by atoms with Crippen LogP contribution >= 0.6 is 0 Å². The van der Waals surface area contributed by atoms with E-state index in [2.05, 4.69) is 25.5 Å². The Morgan fingerprint density at radius 1 is 1.09 bits per heavy atom. The van der Waals surface area contributed by atoms with Crippen molar-refractivity contribution in [1.29, 1.82) is 0 Å². The molecule has 0 aliphatic rings. The molecule has 23 heavy (non-hydrogen) atoms. The molecule has 2 aromatic heterocycles. The third-order valence-electron chi connectivity index (χ3n) is 3.12. The van der Waals surface area contributed by atoms with Crippen molar-refractivity contribution in [1.82, 2.24) is 20.2 Å². The van der Waals surface area contributed by atoms with E-state index in [4.69, 9.17) is 0 Å². The molecule has 5 nitrogen and oxygen atoms in total. The highest BCUT2D eigenvalue weighted by molar-refractivity contribution is 5.53. The summed E-state index contributed by atoms with van der Waals surface area (Å²) in [7, 11) is 0. The summed E-state index contributed by atoms with van der Waals surface area (Å²) in [6.45, 7) is 0.236. The number of nitrogens with one attached hydrogen (secondary N) is 2. The Bertz CT molecular complexity index is 783. The van der Waals surface area contributed by atoms with Gasteiger partial charge in [-0.2, -0.15) is 18.3 Å². The summed E-state index contributed by atoms with van der Waals surface area (Å²) < 4.78 is 38.0. The molecule has 0 radical (unpaired) electrons. The molecule has 3 aromatic rings. The number of rotatable bonds is 4. The Hall–Kier alpha value is -2.90. The minimum Gasteiger partial charge on any atom is -0.378 e. The number of anilines is 1. The van der Waals surface area contributed by atoms with Crippen LogP contribution in [0.2, 0.25) is 0 Å². The van der Waals surface area contributed by atoms with Crippen molar-refractivity contribution in [2.75, 3.05) is 5.32 Å². The maximum absolute atomic E-state index is 12.7. The Balaban J connectivity index is 1.69. The zero-order valence-electron chi connectivity index (χ0n) is 11.8. The van der Waals surface area contributed by atoms with Gasteiger partial charge in [-0.1, -0.05) is 6.07 Å². The number of hydrogen-bond donors (Lipinski definition) is 2. The zero-order chi connectivity index (χ0) is 16.3. The summed E-state index contributed by atoms with van der Waals surface area (Å²) >= 11 is 0. The first-order chi connectivity index (χ1) is 11.0. The van der Waals surface area contributed by atoms with E-state index in [-0.39, 0.29) is 6.54 Å². The number of aromatic amines is 1. The predicted molar refractivity (Wildman–Crippen MR) is 78.4 cm³/mol. The molecule has 2 heterocycles. The first-order valence-electron chi connectivity index (χ1n) is 6.75. The van der Waals surface area contributed by atoms with E-state index in [1.807, 2.05) is 0 Å². The van der Waals surface area contributed by atoms with Gasteiger partial charge in [-0.25, -0.2) is 4.98 Å². The van der Waals surface area contributed by atoms with Crippen molar-refractivity contribution >= 4 is 5.69 Å². The minimum absolute atomic E-state index is 0.236. The molecule has 0 aliphatic heterocycles. The van der Waals surface area contributed by atoms with Gasteiger partial charge < -0.3 is 5.32 Å². The number of pyridine rings is 1. The molecule has 0 saturated heterocycles. The van der Waals surface area contributed by atoms with E-state index in [1.54, 1.807) is 30.6 Å². The van der Waals surface area contributed by atoms with Crippen molar-refractivity contribution in [2.24, 2.45) is 0 Å². The highest BCUT2D eigenvalue weighted by Crippen LogP contribution is 2.30. The summed E-state index contributed by atoms with van der Waals surface area (Å²) in [5.41, 5.74) is 0.473. The lowest BCUT2D eigenvalue weighted by Gasteiger charge is -2.09. The minimum atomic E-state index is -4.36. The van der Waals surface area contributed by atoms with Crippen molar-refractivity contribution in [3.63, 3.8) is 0 Å². The van der Waals surface area contributed by atoms with Crippen LogP contribution in [0.1, 0.15) is 11.4 Å². The molecule has 0 unspecified atom stereocenters. The Morgan fingerprint density at radius 2 is 1.87 bits per heavy atom. The van der Waals surface area contributed by atoms with Crippen LogP contribution in [-0.4, -0.2) is 20.2 Å². The van der Waals surface area contributed by atoms with Crippen LogP contribution in [0.5, 0.6) is 0 Å². The van der Waals surface area contributed by atoms with Crippen LogP contribution in [0.3, 0.4) is 0 Å². The van der Waals surface area contributed by atoms with Crippen molar-refractivity contribution in [3.05, 3.63) is 60.2 Å². The van der Waals surface area contributed by atoms with Gasteiger partial charge in [0.25, 0.3) is 0 Å². The quantitative estimate of drug-likeness (QED) is 0.772. The lowest BCUT2D eigenvalue weighted by molar-refractivity contribution is -0.137. The largest absolute Gasteiger partial charge is 0.416 e. The van der Waals surface area contributed by atoms with Gasteiger partial charge in [0, 0.05) is 23.6 Å². The fraction of sp³-hybridized carbons (Fsp3) is 0.133. The molecule has 0 aliphatic carbocycles. The van der Waals surface area contributed by atoms with Crippen molar-refractivity contribution < 1.29 is 13.2 Å². The van der Waals surface area contributed by atoms with E-state index < -0.39 is 11.7 Å². The Kier molecular flexibility index (Phi) is 3.96. The Morgan fingerprint density at radius 3 is 2.61 bits per heavy atom. The first-order valence-corrected chi connectivity index (χ1v) is 6.75. The summed E-state index contributed by atoms with van der Waals surface area (Å²) in [5.74, 6) is 1.03. The van der Waals surface area contributed by atoms with Crippen LogP contribution in [-0.2, 0) is 12.7 Å². The third-order valence-corrected chi connectivity index (χ3v) is 3.12. The van der Waals surface area contributed by atoms with Gasteiger partial charge in [-0.05, 0) is 30.3 Å². The maximum Gasteiger partial charge on any atom is 0.416 e. The third kappa shape index (κ3) is 3.65. The molecule has 2 N–H and O–H groups in total. The zero-order valence-corrected chi connectivity index (χ0v) is 11.8. The molecule has 8 heteroatoms. The lowest BCUT2D eigenvalue weighted by atomic mass is 10.2. The molecule has 0 bridgehead atoms. The highest BCUT2D eigenvalue weighted by Gasteiger charge is 2.30. The lowest BCUT2D eigenvalue weighted by Crippen LogP contribution is -2.07. The summed E-state index contributed by atoms with van der Waals surface area (Å²) in [4.78, 5) is 8.20. The van der Waals surface area contributed by atoms with Gasteiger partial charge in [-0.15, -0.1) is 0 Å². The topological polar surface area (TPSA) is 66.5 Å². The van der Waals surface area contributed by atoms with Crippen molar-refractivity contribution in [2.45, 2.75) is 12.7 Å². The molecule has 0 saturated carbocycles. The van der Waals surface area contributed by atoms with E-state index in [0.29, 0.717) is 17.3 Å². The number of H-pyrrole nitrogens is 1. The number of hydrogen-bond acceptors (Lipinski definition) is 4. The molecular formula is C15H12F3N5. The first kappa shape index (κ1) is 15.0. The van der Waals surface area contributed by atoms with Gasteiger partial charge in [0.05, 0.1) is 12.1 Å². The number of aromatic nitrogens is 4. The summed E-state index contributed by atoms with van der Waals surface area (Å²) in [5, 5.41) is 9.72. The number of halogens is 3. The second kappa shape index (κ2) is 6.07. The smallest absolute Gasteiger partial charge is 0.378 e. The van der Waals surface area contributed by atoms with Crippen molar-refractivity contribution in [3.8, 4) is 11.4 Å². The Labute approximate surface area is 129 Å². The molecular weight excluding hydrogens is 307 g/mol. The standard InChI is InChI=1S/C15H12F3N5/c16-15(17,18)11-2-1-3-12(8-11)20-9-13-21-14(23-22-13)10-4-6-19-7-5-10/h1-8,20H,9H2,(H,21,22,23). The van der Waals surface area contributed by atoms with Gasteiger partial charge in [0.2, 0.25) is 0 Å².